The Kier molecular flexibility index (Phi) is 5.66. The van der Waals surface area contributed by atoms with Crippen molar-refractivity contribution in [3.8, 4) is 0 Å². The van der Waals surface area contributed by atoms with Crippen molar-refractivity contribution in [3.63, 3.8) is 0 Å². The first kappa shape index (κ1) is 12.4. The Morgan fingerprint density at radius 1 is 1.38 bits per heavy atom. The summed E-state index contributed by atoms with van der Waals surface area (Å²) in [5, 5.41) is 0. The average Bonchev–Trinajstić information content (AvgIpc) is 1.94. The predicted molar refractivity (Wildman–Crippen MR) is 50.3 cm³/mol. The van der Waals surface area contributed by atoms with E-state index in [1.807, 2.05) is 0 Å². The summed E-state index contributed by atoms with van der Waals surface area (Å²) in [6, 6.07) is 0. The van der Waals surface area contributed by atoms with Crippen molar-refractivity contribution in [1.29, 1.82) is 0 Å². The van der Waals surface area contributed by atoms with Crippen LogP contribution in [0, 0.1) is 0 Å². The highest BCUT2D eigenvalue weighted by molar-refractivity contribution is 5.70. The van der Waals surface area contributed by atoms with Gasteiger partial charge in [0.1, 0.15) is 0 Å². The number of esters is 1. The fraction of sp³-hybridized carbons (Fsp3) is 0.889. The average molecular weight is 189 g/mol. The van der Waals surface area contributed by atoms with Gasteiger partial charge in [0.25, 0.3) is 0 Å². The lowest BCUT2D eigenvalue weighted by atomic mass is 10.0. The Bertz CT molecular complexity index is 151. The Morgan fingerprint density at radius 3 is 2.46 bits per heavy atom. The van der Waals surface area contributed by atoms with Crippen LogP contribution in [0.25, 0.3) is 0 Å². The van der Waals surface area contributed by atoms with Crippen LogP contribution in [0.15, 0.2) is 0 Å². The van der Waals surface area contributed by atoms with E-state index in [4.69, 9.17) is 15.2 Å². The number of methoxy groups -OCH3 is 1. The monoisotopic (exact) mass is 189 g/mol. The van der Waals surface area contributed by atoms with E-state index in [2.05, 4.69) is 0 Å². The van der Waals surface area contributed by atoms with Gasteiger partial charge in [0.15, 0.2) is 0 Å². The molecule has 0 aromatic rings. The Balaban J connectivity index is 3.41. The minimum Gasteiger partial charge on any atom is -0.466 e. The number of rotatable bonds is 6. The fourth-order valence-electron chi connectivity index (χ4n) is 0.812. The van der Waals surface area contributed by atoms with Gasteiger partial charge >= 0.3 is 5.97 Å². The van der Waals surface area contributed by atoms with E-state index in [-0.39, 0.29) is 12.4 Å². The molecule has 4 nitrogen and oxygen atoms in total. The van der Waals surface area contributed by atoms with Crippen LogP contribution in [-0.2, 0) is 14.3 Å². The van der Waals surface area contributed by atoms with Crippen molar-refractivity contribution in [3.05, 3.63) is 0 Å². The first-order chi connectivity index (χ1) is 5.95. The number of hydrogen-bond acceptors (Lipinski definition) is 4. The van der Waals surface area contributed by atoms with E-state index < -0.39 is 5.54 Å². The van der Waals surface area contributed by atoms with Crippen molar-refractivity contribution in [2.24, 2.45) is 5.73 Å². The third kappa shape index (κ3) is 9.30. The van der Waals surface area contributed by atoms with Gasteiger partial charge < -0.3 is 15.2 Å². The highest BCUT2D eigenvalue weighted by Gasteiger charge is 2.16. The smallest absolute Gasteiger partial charge is 0.307 e. The summed E-state index contributed by atoms with van der Waals surface area (Å²) >= 11 is 0. The van der Waals surface area contributed by atoms with E-state index in [0.717, 1.165) is 6.42 Å². The van der Waals surface area contributed by atoms with Gasteiger partial charge in [0.05, 0.1) is 13.0 Å². The molecule has 0 saturated carbocycles. The highest BCUT2D eigenvalue weighted by Crippen LogP contribution is 2.04. The first-order valence-electron chi connectivity index (χ1n) is 4.39. The molecule has 4 heteroatoms. The van der Waals surface area contributed by atoms with Crippen LogP contribution in [0.3, 0.4) is 0 Å². The molecule has 0 atom stereocenters. The van der Waals surface area contributed by atoms with Gasteiger partial charge in [-0.15, -0.1) is 0 Å². The van der Waals surface area contributed by atoms with Crippen LogP contribution >= 0.6 is 0 Å². The van der Waals surface area contributed by atoms with Gasteiger partial charge in [-0.25, -0.2) is 0 Å². The second kappa shape index (κ2) is 5.94. The van der Waals surface area contributed by atoms with E-state index in [0.29, 0.717) is 13.2 Å². The molecule has 0 aromatic carbocycles. The van der Waals surface area contributed by atoms with Gasteiger partial charge in [-0.05, 0) is 13.8 Å². The van der Waals surface area contributed by atoms with Crippen LogP contribution in [0.1, 0.15) is 26.7 Å². The normalized spacial score (nSPS) is 11.4. The lowest BCUT2D eigenvalue weighted by Gasteiger charge is -2.16. The van der Waals surface area contributed by atoms with Crippen molar-refractivity contribution >= 4 is 5.97 Å². The van der Waals surface area contributed by atoms with E-state index in [1.165, 1.54) is 0 Å². The summed E-state index contributed by atoms with van der Waals surface area (Å²) in [4.78, 5) is 11.1. The molecule has 0 amide bonds. The van der Waals surface area contributed by atoms with E-state index >= 15 is 0 Å². The Labute approximate surface area is 79.4 Å². The quantitative estimate of drug-likeness (QED) is 0.493. The molecule has 0 aliphatic carbocycles. The molecule has 78 valence electrons. The molecule has 0 heterocycles. The maximum absolute atomic E-state index is 11.1. The molecule has 0 bridgehead atoms. The lowest BCUT2D eigenvalue weighted by Crippen LogP contribution is -2.35. The number of nitrogens with two attached hydrogens (primary N) is 1. The van der Waals surface area contributed by atoms with E-state index in [9.17, 15) is 4.79 Å². The second-order valence-corrected chi connectivity index (χ2v) is 3.73. The van der Waals surface area contributed by atoms with Crippen LogP contribution < -0.4 is 5.73 Å². The second-order valence-electron chi connectivity index (χ2n) is 3.73. The van der Waals surface area contributed by atoms with Gasteiger partial charge in [0.2, 0.25) is 0 Å². The molecule has 0 radical (unpaired) electrons. The molecular weight excluding hydrogens is 170 g/mol. The third-order valence-electron chi connectivity index (χ3n) is 1.36. The third-order valence-corrected chi connectivity index (χ3v) is 1.36. The molecular formula is C9H19NO3. The maximum atomic E-state index is 11.1. The molecule has 0 aliphatic rings. The molecule has 13 heavy (non-hydrogen) atoms. The van der Waals surface area contributed by atoms with Gasteiger partial charge in [-0.1, -0.05) is 0 Å². The number of carbonyl (C=O) groups is 1. The molecule has 0 aromatic heterocycles. The number of hydrogen-bond donors (Lipinski definition) is 1. The standard InChI is InChI=1S/C9H19NO3/c1-9(2,10)7-8(11)13-6-4-5-12-3/h4-7,10H2,1-3H3. The van der Waals surface area contributed by atoms with Crippen LogP contribution in [0.5, 0.6) is 0 Å². The molecule has 0 rings (SSSR count). The summed E-state index contributed by atoms with van der Waals surface area (Å²) in [7, 11) is 1.62. The van der Waals surface area contributed by atoms with Gasteiger partial charge in [0, 0.05) is 25.7 Å². The maximum Gasteiger partial charge on any atom is 0.307 e. The molecule has 0 fully saturated rings. The molecule has 2 N–H and O–H groups in total. The lowest BCUT2D eigenvalue weighted by molar-refractivity contribution is -0.145. The van der Waals surface area contributed by atoms with Crippen LogP contribution in [-0.4, -0.2) is 31.8 Å². The van der Waals surface area contributed by atoms with Crippen LogP contribution in [0.2, 0.25) is 0 Å². The minimum absolute atomic E-state index is 0.247. The van der Waals surface area contributed by atoms with Crippen molar-refractivity contribution < 1.29 is 14.3 Å². The van der Waals surface area contributed by atoms with Crippen molar-refractivity contribution in [2.45, 2.75) is 32.2 Å². The number of ether oxygens (including phenoxy) is 2. The molecule has 0 spiro atoms. The summed E-state index contributed by atoms with van der Waals surface area (Å²) < 4.78 is 9.73. The Morgan fingerprint density at radius 2 is 2.00 bits per heavy atom. The van der Waals surface area contributed by atoms with Crippen molar-refractivity contribution in [1.82, 2.24) is 0 Å². The molecule has 0 saturated heterocycles. The topological polar surface area (TPSA) is 61.5 Å². The summed E-state index contributed by atoms with van der Waals surface area (Å²) in [5.74, 6) is -0.247. The first-order valence-corrected chi connectivity index (χ1v) is 4.39. The predicted octanol–water partition coefficient (Wildman–Crippen LogP) is 0.694. The zero-order valence-electron chi connectivity index (χ0n) is 8.63. The summed E-state index contributed by atoms with van der Waals surface area (Å²) in [6.45, 7) is 4.61. The Hall–Kier alpha value is -0.610. The molecule has 0 unspecified atom stereocenters. The zero-order valence-corrected chi connectivity index (χ0v) is 8.63. The minimum atomic E-state index is -0.488. The van der Waals surface area contributed by atoms with Crippen LogP contribution in [0.4, 0.5) is 0 Å². The largest absolute Gasteiger partial charge is 0.466 e. The SMILES string of the molecule is COCCCOC(=O)CC(C)(C)N. The highest BCUT2D eigenvalue weighted by atomic mass is 16.5. The summed E-state index contributed by atoms with van der Waals surface area (Å²) in [5.41, 5.74) is 5.15. The zero-order chi connectivity index (χ0) is 10.3. The van der Waals surface area contributed by atoms with Gasteiger partial charge in [-0.3, -0.25) is 4.79 Å². The fourth-order valence-corrected chi connectivity index (χ4v) is 0.812. The molecule has 0 aliphatic heterocycles. The van der Waals surface area contributed by atoms with Gasteiger partial charge in [-0.2, -0.15) is 0 Å². The van der Waals surface area contributed by atoms with E-state index in [1.54, 1.807) is 21.0 Å². The number of carbonyl (C=O) groups excluding carboxylic acids is 1. The summed E-state index contributed by atoms with van der Waals surface area (Å²) in [6.07, 6.45) is 0.979. The van der Waals surface area contributed by atoms with Crippen molar-refractivity contribution in [2.75, 3.05) is 20.3 Å².